The summed E-state index contributed by atoms with van der Waals surface area (Å²) < 4.78 is 36.6. The van der Waals surface area contributed by atoms with Crippen molar-refractivity contribution in [2.75, 3.05) is 24.2 Å². The highest BCUT2D eigenvalue weighted by Gasteiger charge is 2.35. The Balaban J connectivity index is 1.92. The summed E-state index contributed by atoms with van der Waals surface area (Å²) in [6.45, 7) is 0.195. The molecule has 0 spiro atoms. The van der Waals surface area contributed by atoms with Gasteiger partial charge in [-0.2, -0.15) is 18.2 Å². The fourth-order valence-electron chi connectivity index (χ4n) is 1.35. The van der Waals surface area contributed by atoms with E-state index in [4.69, 9.17) is 0 Å². The second kappa shape index (κ2) is 5.07. The summed E-state index contributed by atoms with van der Waals surface area (Å²) in [4.78, 5) is 27.1. The van der Waals surface area contributed by atoms with Gasteiger partial charge in [-0.05, 0) is 0 Å². The van der Waals surface area contributed by atoms with E-state index in [0.29, 0.717) is 12.3 Å². The van der Waals surface area contributed by atoms with E-state index in [9.17, 15) is 22.8 Å². The van der Waals surface area contributed by atoms with Gasteiger partial charge in [-0.3, -0.25) is 20.0 Å². The first-order chi connectivity index (χ1) is 8.86. The molecular formula is C8H8F3N5O2S. The van der Waals surface area contributed by atoms with Gasteiger partial charge in [-0.25, -0.2) is 0 Å². The van der Waals surface area contributed by atoms with Crippen LogP contribution in [-0.4, -0.2) is 50.1 Å². The Kier molecular flexibility index (Phi) is 3.64. The maximum atomic E-state index is 12.2. The van der Waals surface area contributed by atoms with E-state index in [0.717, 1.165) is 11.8 Å². The van der Waals surface area contributed by atoms with E-state index in [1.807, 2.05) is 0 Å². The van der Waals surface area contributed by atoms with Crippen LogP contribution in [0.1, 0.15) is 5.82 Å². The Bertz CT molecular complexity index is 503. The number of aromatic amines is 1. The predicted octanol–water partition coefficient (Wildman–Crippen LogP) is 0.931. The van der Waals surface area contributed by atoms with E-state index >= 15 is 0 Å². The van der Waals surface area contributed by atoms with E-state index in [1.165, 1.54) is 4.90 Å². The molecule has 0 bridgehead atoms. The molecular weight excluding hydrogens is 287 g/mol. The van der Waals surface area contributed by atoms with Gasteiger partial charge in [0.2, 0.25) is 17.7 Å². The minimum atomic E-state index is -4.66. The van der Waals surface area contributed by atoms with Gasteiger partial charge in [-0.1, -0.05) is 11.8 Å². The molecule has 0 saturated carbocycles. The van der Waals surface area contributed by atoms with E-state index in [2.05, 4.69) is 15.4 Å². The summed E-state index contributed by atoms with van der Waals surface area (Å²) in [5, 5.41) is 6.74. The normalized spacial score (nSPS) is 15.9. The number of nitrogens with zero attached hydrogens (tertiary/aromatic N) is 3. The minimum Gasteiger partial charge on any atom is -0.323 e. The van der Waals surface area contributed by atoms with E-state index < -0.39 is 23.9 Å². The third kappa shape index (κ3) is 3.36. The summed E-state index contributed by atoms with van der Waals surface area (Å²) in [6, 6.07) is 0. The van der Waals surface area contributed by atoms with Crippen molar-refractivity contribution in [3.8, 4) is 0 Å². The third-order valence-corrected chi connectivity index (χ3v) is 3.08. The van der Waals surface area contributed by atoms with Gasteiger partial charge in [0.05, 0.1) is 0 Å². The van der Waals surface area contributed by atoms with Crippen LogP contribution in [0.25, 0.3) is 0 Å². The number of nitrogens with one attached hydrogen (secondary N) is 2. The quantitative estimate of drug-likeness (QED) is 0.865. The lowest BCUT2D eigenvalue weighted by Crippen LogP contribution is -2.33. The molecule has 0 unspecified atom stereocenters. The number of hydrogen-bond donors (Lipinski definition) is 2. The maximum Gasteiger partial charge on any atom is 0.451 e. The smallest absolute Gasteiger partial charge is 0.323 e. The molecule has 1 fully saturated rings. The summed E-state index contributed by atoms with van der Waals surface area (Å²) in [5.41, 5.74) is 0. The van der Waals surface area contributed by atoms with Crippen LogP contribution >= 0.6 is 11.8 Å². The van der Waals surface area contributed by atoms with Crippen LogP contribution in [0.3, 0.4) is 0 Å². The molecule has 1 aromatic heterocycles. The molecule has 7 nitrogen and oxygen atoms in total. The first-order valence-corrected chi connectivity index (χ1v) is 6.06. The summed E-state index contributed by atoms with van der Waals surface area (Å²) in [5.74, 6) is -1.83. The zero-order valence-corrected chi connectivity index (χ0v) is 10.1. The SMILES string of the molecule is O=C(CN1CCSC1=O)Nc1n[nH]c(C(F)(F)F)n1. The molecule has 0 radical (unpaired) electrons. The fourth-order valence-corrected chi connectivity index (χ4v) is 2.18. The van der Waals surface area contributed by atoms with Crippen molar-refractivity contribution >= 4 is 28.9 Å². The molecule has 19 heavy (non-hydrogen) atoms. The number of rotatable bonds is 3. The van der Waals surface area contributed by atoms with Crippen LogP contribution in [0.2, 0.25) is 0 Å². The number of halogens is 3. The summed E-state index contributed by atoms with van der Waals surface area (Å²) >= 11 is 1.08. The van der Waals surface area contributed by atoms with Crippen LogP contribution in [0.4, 0.5) is 23.9 Å². The molecule has 0 atom stereocenters. The standard InChI is InChI=1S/C8H8F3N5O2S/c9-8(10,11)5-13-6(15-14-5)12-4(17)3-16-1-2-19-7(16)18/h1-3H2,(H2,12,13,14,15,17). The van der Waals surface area contributed by atoms with Crippen LogP contribution in [0.15, 0.2) is 0 Å². The molecule has 1 aliphatic rings. The van der Waals surface area contributed by atoms with E-state index in [1.54, 1.807) is 5.10 Å². The molecule has 2 N–H and O–H groups in total. The van der Waals surface area contributed by atoms with Crippen molar-refractivity contribution in [1.29, 1.82) is 0 Å². The van der Waals surface area contributed by atoms with Crippen molar-refractivity contribution < 1.29 is 22.8 Å². The molecule has 0 aromatic carbocycles. The number of alkyl halides is 3. The van der Waals surface area contributed by atoms with Gasteiger partial charge in [0.1, 0.15) is 6.54 Å². The Morgan fingerprint density at radius 3 is 2.79 bits per heavy atom. The molecule has 1 aliphatic heterocycles. The highest BCUT2D eigenvalue weighted by atomic mass is 32.2. The van der Waals surface area contributed by atoms with Gasteiger partial charge < -0.3 is 4.90 Å². The van der Waals surface area contributed by atoms with Crippen LogP contribution in [0.5, 0.6) is 0 Å². The first-order valence-electron chi connectivity index (χ1n) is 5.07. The number of hydrogen-bond acceptors (Lipinski definition) is 5. The second-order valence-corrected chi connectivity index (χ2v) is 4.64. The Labute approximate surface area is 108 Å². The highest BCUT2D eigenvalue weighted by Crippen LogP contribution is 2.26. The van der Waals surface area contributed by atoms with Gasteiger partial charge in [0, 0.05) is 12.3 Å². The van der Waals surface area contributed by atoms with Crippen molar-refractivity contribution in [2.45, 2.75) is 6.18 Å². The Hall–Kier alpha value is -1.78. The molecule has 2 heterocycles. The number of carbonyl (C=O) groups excluding carboxylic acids is 2. The minimum absolute atomic E-state index is 0.234. The average Bonchev–Trinajstić information content (AvgIpc) is 2.88. The maximum absolute atomic E-state index is 12.2. The molecule has 2 amide bonds. The topological polar surface area (TPSA) is 91.0 Å². The van der Waals surface area contributed by atoms with Crippen molar-refractivity contribution in [2.24, 2.45) is 0 Å². The zero-order chi connectivity index (χ0) is 14.0. The monoisotopic (exact) mass is 295 g/mol. The molecule has 104 valence electrons. The number of aromatic nitrogens is 3. The zero-order valence-electron chi connectivity index (χ0n) is 9.32. The van der Waals surface area contributed by atoms with Crippen molar-refractivity contribution in [3.05, 3.63) is 5.82 Å². The van der Waals surface area contributed by atoms with Gasteiger partial charge in [0.25, 0.3) is 5.24 Å². The second-order valence-electron chi connectivity index (χ2n) is 3.59. The van der Waals surface area contributed by atoms with Gasteiger partial charge in [-0.15, -0.1) is 5.10 Å². The van der Waals surface area contributed by atoms with Crippen LogP contribution < -0.4 is 5.32 Å². The van der Waals surface area contributed by atoms with E-state index in [-0.39, 0.29) is 11.8 Å². The average molecular weight is 295 g/mol. The third-order valence-electron chi connectivity index (χ3n) is 2.18. The van der Waals surface area contributed by atoms with Crippen LogP contribution in [-0.2, 0) is 11.0 Å². The Morgan fingerprint density at radius 2 is 2.26 bits per heavy atom. The highest BCUT2D eigenvalue weighted by molar-refractivity contribution is 8.13. The lowest BCUT2D eigenvalue weighted by Gasteiger charge is -2.12. The summed E-state index contributed by atoms with van der Waals surface area (Å²) in [7, 11) is 0. The number of anilines is 1. The number of thioether (sulfide) groups is 1. The van der Waals surface area contributed by atoms with Crippen molar-refractivity contribution in [3.63, 3.8) is 0 Å². The summed E-state index contributed by atoms with van der Waals surface area (Å²) in [6.07, 6.45) is -4.66. The predicted molar refractivity (Wildman–Crippen MR) is 59.4 cm³/mol. The number of H-pyrrole nitrogens is 1. The number of carbonyl (C=O) groups is 2. The van der Waals surface area contributed by atoms with Gasteiger partial charge in [0.15, 0.2) is 0 Å². The molecule has 0 aliphatic carbocycles. The fraction of sp³-hybridized carbons (Fsp3) is 0.500. The van der Waals surface area contributed by atoms with Crippen LogP contribution in [0, 0.1) is 0 Å². The molecule has 2 rings (SSSR count). The number of amides is 2. The Morgan fingerprint density at radius 1 is 1.53 bits per heavy atom. The lowest BCUT2D eigenvalue weighted by molar-refractivity contribution is -0.144. The molecule has 11 heteroatoms. The van der Waals surface area contributed by atoms with Gasteiger partial charge >= 0.3 is 6.18 Å². The first kappa shape index (κ1) is 13.6. The molecule has 1 saturated heterocycles. The lowest BCUT2D eigenvalue weighted by atomic mass is 10.5. The largest absolute Gasteiger partial charge is 0.451 e. The molecule has 1 aromatic rings. The van der Waals surface area contributed by atoms with Crippen molar-refractivity contribution in [1.82, 2.24) is 20.1 Å².